The molecule has 1 aliphatic rings. The zero-order chi connectivity index (χ0) is 14.5. The van der Waals surface area contributed by atoms with Crippen LogP contribution in [0.3, 0.4) is 0 Å². The van der Waals surface area contributed by atoms with Gasteiger partial charge in [0.25, 0.3) is 0 Å². The summed E-state index contributed by atoms with van der Waals surface area (Å²) >= 11 is 1.58. The van der Waals surface area contributed by atoms with E-state index in [1.807, 2.05) is 6.07 Å². The smallest absolute Gasteiger partial charge is 0.117 e. The second-order valence-electron chi connectivity index (χ2n) is 6.08. The number of anilines is 1. The Morgan fingerprint density at radius 2 is 2.05 bits per heavy atom. The van der Waals surface area contributed by atoms with E-state index >= 15 is 0 Å². The van der Waals surface area contributed by atoms with E-state index in [-0.39, 0.29) is 0 Å². The fraction of sp³-hybridized carbons (Fsp3) is 0.588. The van der Waals surface area contributed by atoms with Gasteiger partial charge in [-0.25, -0.2) is 0 Å². The molecule has 0 aliphatic heterocycles. The SMILES string of the molecule is CN(CCCNc1snc2ccccc12)C1CCCCC1. The van der Waals surface area contributed by atoms with Crippen molar-refractivity contribution in [3.63, 3.8) is 0 Å². The minimum Gasteiger partial charge on any atom is -0.375 e. The Morgan fingerprint density at radius 1 is 1.24 bits per heavy atom. The van der Waals surface area contributed by atoms with Gasteiger partial charge in [0.05, 0.1) is 5.52 Å². The number of aromatic nitrogens is 1. The molecule has 1 aromatic carbocycles. The van der Waals surface area contributed by atoms with Crippen molar-refractivity contribution in [1.29, 1.82) is 0 Å². The number of hydrogen-bond acceptors (Lipinski definition) is 4. The van der Waals surface area contributed by atoms with Gasteiger partial charge in [-0.2, -0.15) is 4.37 Å². The first-order chi connectivity index (χ1) is 10.3. The van der Waals surface area contributed by atoms with Crippen molar-refractivity contribution >= 4 is 27.4 Å². The minimum absolute atomic E-state index is 0.822. The molecule has 1 saturated carbocycles. The molecule has 0 amide bonds. The van der Waals surface area contributed by atoms with Gasteiger partial charge in [-0.3, -0.25) is 0 Å². The van der Waals surface area contributed by atoms with E-state index in [1.54, 1.807) is 11.5 Å². The van der Waals surface area contributed by atoms with E-state index in [2.05, 4.69) is 39.8 Å². The van der Waals surface area contributed by atoms with Crippen LogP contribution in [0.5, 0.6) is 0 Å². The predicted molar refractivity (Wildman–Crippen MR) is 92.2 cm³/mol. The van der Waals surface area contributed by atoms with Crippen LogP contribution in [-0.4, -0.2) is 35.5 Å². The second-order valence-corrected chi connectivity index (χ2v) is 6.86. The third-order valence-electron chi connectivity index (χ3n) is 4.56. The Labute approximate surface area is 131 Å². The molecule has 0 unspecified atom stereocenters. The fourth-order valence-electron chi connectivity index (χ4n) is 3.25. The molecule has 4 heteroatoms. The lowest BCUT2D eigenvalue weighted by atomic mass is 9.94. The molecular weight excluding hydrogens is 278 g/mol. The lowest BCUT2D eigenvalue weighted by Crippen LogP contribution is -2.34. The average molecular weight is 303 g/mol. The molecule has 1 aliphatic carbocycles. The summed E-state index contributed by atoms with van der Waals surface area (Å²) < 4.78 is 4.47. The summed E-state index contributed by atoms with van der Waals surface area (Å²) in [7, 11) is 2.29. The summed E-state index contributed by atoms with van der Waals surface area (Å²) in [5, 5.41) is 6.02. The van der Waals surface area contributed by atoms with Crippen LogP contribution in [0.2, 0.25) is 0 Å². The molecule has 1 fully saturated rings. The lowest BCUT2D eigenvalue weighted by Gasteiger charge is -2.31. The summed E-state index contributed by atoms with van der Waals surface area (Å²) in [5.41, 5.74) is 1.10. The summed E-state index contributed by atoms with van der Waals surface area (Å²) in [4.78, 5) is 2.56. The molecule has 3 rings (SSSR count). The Kier molecular flexibility index (Phi) is 5.09. The van der Waals surface area contributed by atoms with Crippen LogP contribution < -0.4 is 5.32 Å². The fourth-order valence-corrected chi connectivity index (χ4v) is 4.04. The molecule has 0 radical (unpaired) electrons. The zero-order valence-corrected chi connectivity index (χ0v) is 13.7. The Morgan fingerprint density at radius 3 is 2.90 bits per heavy atom. The molecule has 1 aromatic heterocycles. The van der Waals surface area contributed by atoms with Crippen molar-refractivity contribution in [3.8, 4) is 0 Å². The predicted octanol–water partition coefficient (Wildman–Crippen LogP) is 4.36. The highest BCUT2D eigenvalue weighted by atomic mass is 32.1. The van der Waals surface area contributed by atoms with Crippen molar-refractivity contribution in [3.05, 3.63) is 24.3 Å². The molecule has 0 bridgehead atoms. The van der Waals surface area contributed by atoms with Crippen molar-refractivity contribution in [2.45, 2.75) is 44.6 Å². The van der Waals surface area contributed by atoms with Gasteiger partial charge in [0.2, 0.25) is 0 Å². The summed E-state index contributed by atoms with van der Waals surface area (Å²) in [6.45, 7) is 2.22. The van der Waals surface area contributed by atoms with Crippen LogP contribution in [-0.2, 0) is 0 Å². The average Bonchev–Trinajstić information content (AvgIpc) is 2.95. The molecule has 1 N–H and O–H groups in total. The molecule has 114 valence electrons. The largest absolute Gasteiger partial charge is 0.375 e. The van der Waals surface area contributed by atoms with Crippen LogP contribution in [0, 0.1) is 0 Å². The van der Waals surface area contributed by atoms with Crippen LogP contribution in [0.15, 0.2) is 24.3 Å². The monoisotopic (exact) mass is 303 g/mol. The van der Waals surface area contributed by atoms with Crippen molar-refractivity contribution < 1.29 is 0 Å². The van der Waals surface area contributed by atoms with Crippen molar-refractivity contribution in [2.24, 2.45) is 0 Å². The molecular formula is C17H25N3S. The van der Waals surface area contributed by atoms with Gasteiger partial charge in [-0.1, -0.05) is 31.4 Å². The Balaban J connectivity index is 1.43. The highest BCUT2D eigenvalue weighted by Gasteiger charge is 2.17. The molecule has 0 saturated heterocycles. The maximum absolute atomic E-state index is 4.47. The van der Waals surface area contributed by atoms with E-state index in [0.29, 0.717) is 0 Å². The first kappa shape index (κ1) is 14.8. The van der Waals surface area contributed by atoms with Crippen LogP contribution in [0.25, 0.3) is 10.9 Å². The van der Waals surface area contributed by atoms with E-state index in [0.717, 1.165) is 18.1 Å². The summed E-state index contributed by atoms with van der Waals surface area (Å²) in [6, 6.07) is 9.18. The molecule has 2 aromatic rings. The van der Waals surface area contributed by atoms with E-state index in [4.69, 9.17) is 0 Å². The highest BCUT2D eigenvalue weighted by Crippen LogP contribution is 2.27. The van der Waals surface area contributed by atoms with Gasteiger partial charge in [-0.05, 0) is 56.5 Å². The maximum Gasteiger partial charge on any atom is 0.117 e. The van der Waals surface area contributed by atoms with E-state index in [1.165, 1.54) is 55.5 Å². The number of nitrogens with one attached hydrogen (secondary N) is 1. The molecule has 1 heterocycles. The van der Waals surface area contributed by atoms with E-state index < -0.39 is 0 Å². The minimum atomic E-state index is 0.822. The van der Waals surface area contributed by atoms with Crippen LogP contribution in [0.4, 0.5) is 5.00 Å². The van der Waals surface area contributed by atoms with Crippen molar-refractivity contribution in [2.75, 3.05) is 25.5 Å². The summed E-state index contributed by atoms with van der Waals surface area (Å²) in [6.07, 6.45) is 8.25. The first-order valence-electron chi connectivity index (χ1n) is 8.13. The topological polar surface area (TPSA) is 28.2 Å². The van der Waals surface area contributed by atoms with Gasteiger partial charge in [0.15, 0.2) is 0 Å². The first-order valence-corrected chi connectivity index (χ1v) is 8.90. The molecule has 0 atom stereocenters. The molecule has 3 nitrogen and oxygen atoms in total. The van der Waals surface area contributed by atoms with E-state index in [9.17, 15) is 0 Å². The highest BCUT2D eigenvalue weighted by molar-refractivity contribution is 7.11. The Hall–Kier alpha value is -1.13. The van der Waals surface area contributed by atoms with Crippen molar-refractivity contribution in [1.82, 2.24) is 9.27 Å². The van der Waals surface area contributed by atoms with Gasteiger partial charge in [0, 0.05) is 18.0 Å². The standard InChI is InChI=1S/C17H25N3S/c1-20(14-8-3-2-4-9-14)13-7-12-18-17-15-10-5-6-11-16(15)19-21-17/h5-6,10-11,14,18H,2-4,7-9,12-13H2,1H3. The quantitative estimate of drug-likeness (QED) is 0.804. The number of benzene rings is 1. The van der Waals surface area contributed by atoms with Gasteiger partial charge in [-0.15, -0.1) is 0 Å². The van der Waals surface area contributed by atoms with Crippen LogP contribution >= 0.6 is 11.5 Å². The summed E-state index contributed by atoms with van der Waals surface area (Å²) in [5.74, 6) is 0. The van der Waals surface area contributed by atoms with Gasteiger partial charge < -0.3 is 10.2 Å². The third-order valence-corrected chi connectivity index (χ3v) is 5.39. The number of nitrogens with zero attached hydrogens (tertiary/aromatic N) is 2. The van der Waals surface area contributed by atoms with Crippen LogP contribution in [0.1, 0.15) is 38.5 Å². The molecule has 0 spiro atoms. The van der Waals surface area contributed by atoms with Gasteiger partial charge >= 0.3 is 0 Å². The number of hydrogen-bond donors (Lipinski definition) is 1. The number of rotatable bonds is 6. The molecule has 21 heavy (non-hydrogen) atoms. The third kappa shape index (κ3) is 3.74. The number of fused-ring (bicyclic) bond motifs is 1. The Bertz CT molecular complexity index is 560. The zero-order valence-electron chi connectivity index (χ0n) is 12.8. The normalized spacial score (nSPS) is 16.7. The maximum atomic E-state index is 4.47. The lowest BCUT2D eigenvalue weighted by molar-refractivity contribution is 0.191. The van der Waals surface area contributed by atoms with Gasteiger partial charge in [0.1, 0.15) is 5.00 Å². The second kappa shape index (κ2) is 7.23.